The van der Waals surface area contributed by atoms with Crippen LogP contribution in [0.3, 0.4) is 0 Å². The van der Waals surface area contributed by atoms with Crippen LogP contribution in [0.15, 0.2) is 48.7 Å². The van der Waals surface area contributed by atoms with Gasteiger partial charge in [-0.05, 0) is 73.0 Å². The van der Waals surface area contributed by atoms with Gasteiger partial charge in [-0.1, -0.05) is 12.0 Å². The molecular formula is C27H26F3N5O2. The van der Waals surface area contributed by atoms with Gasteiger partial charge in [-0.15, -0.1) is 0 Å². The molecule has 0 atom stereocenters. The minimum atomic E-state index is -4.64. The molecule has 1 amide bonds. The van der Waals surface area contributed by atoms with Crippen molar-refractivity contribution in [3.05, 3.63) is 71.2 Å². The first-order valence-electron chi connectivity index (χ1n) is 11.7. The Morgan fingerprint density at radius 3 is 2.65 bits per heavy atom. The topological polar surface area (TPSA) is 79.4 Å². The van der Waals surface area contributed by atoms with E-state index in [9.17, 15) is 18.0 Å². The van der Waals surface area contributed by atoms with Crippen LogP contribution >= 0.6 is 0 Å². The maximum Gasteiger partial charge on any atom is 0.433 e. The number of pyridine rings is 2. The van der Waals surface area contributed by atoms with Gasteiger partial charge in [-0.25, -0.2) is 4.98 Å². The molecule has 1 saturated heterocycles. The number of benzene rings is 1. The van der Waals surface area contributed by atoms with E-state index in [4.69, 9.17) is 9.72 Å². The van der Waals surface area contributed by atoms with Crippen molar-refractivity contribution in [3.63, 3.8) is 0 Å². The molecule has 0 aliphatic carbocycles. The molecule has 0 radical (unpaired) electrons. The Morgan fingerprint density at radius 2 is 1.92 bits per heavy atom. The molecule has 37 heavy (non-hydrogen) atoms. The zero-order valence-corrected chi connectivity index (χ0v) is 20.4. The van der Waals surface area contributed by atoms with Crippen molar-refractivity contribution >= 4 is 17.4 Å². The van der Waals surface area contributed by atoms with Crippen LogP contribution in [0.2, 0.25) is 0 Å². The number of rotatable bonds is 5. The Morgan fingerprint density at radius 1 is 1.14 bits per heavy atom. The number of nitrogens with zero attached hydrogens (tertiary/aromatic N) is 3. The highest BCUT2D eigenvalue weighted by Crippen LogP contribution is 2.31. The molecule has 10 heteroatoms. The molecule has 1 aliphatic rings. The predicted molar refractivity (Wildman–Crippen MR) is 135 cm³/mol. The zero-order chi connectivity index (χ0) is 26.4. The molecule has 3 aromatic rings. The lowest BCUT2D eigenvalue weighted by molar-refractivity contribution is -0.141. The van der Waals surface area contributed by atoms with E-state index in [1.54, 1.807) is 12.1 Å². The number of halogens is 3. The number of morpholine rings is 1. The van der Waals surface area contributed by atoms with Gasteiger partial charge in [0.25, 0.3) is 5.91 Å². The first-order chi connectivity index (χ1) is 17.7. The number of nitrogens with one attached hydrogen (secondary N) is 2. The molecule has 2 N–H and O–H groups in total. The van der Waals surface area contributed by atoms with Crippen molar-refractivity contribution in [2.45, 2.75) is 13.1 Å². The highest BCUT2D eigenvalue weighted by Gasteiger charge is 2.33. The summed E-state index contributed by atoms with van der Waals surface area (Å²) in [7, 11) is 1.82. The van der Waals surface area contributed by atoms with Crippen LogP contribution < -0.4 is 15.5 Å². The van der Waals surface area contributed by atoms with Crippen molar-refractivity contribution in [1.29, 1.82) is 0 Å². The maximum absolute atomic E-state index is 13.0. The van der Waals surface area contributed by atoms with Gasteiger partial charge < -0.3 is 20.3 Å². The number of aromatic nitrogens is 2. The second kappa shape index (κ2) is 11.4. The lowest BCUT2D eigenvalue weighted by Gasteiger charge is -2.28. The summed E-state index contributed by atoms with van der Waals surface area (Å²) >= 11 is 0. The van der Waals surface area contributed by atoms with Crippen LogP contribution in [0.1, 0.15) is 27.3 Å². The van der Waals surface area contributed by atoms with Gasteiger partial charge in [0.15, 0.2) is 0 Å². The summed E-state index contributed by atoms with van der Waals surface area (Å²) in [4.78, 5) is 22.9. The summed E-state index contributed by atoms with van der Waals surface area (Å²) in [5, 5.41) is 5.68. The van der Waals surface area contributed by atoms with E-state index in [2.05, 4.69) is 32.4 Å². The standard InChI is InChI=1S/C27H26F3N5O2/c1-18-5-6-22(34-26(36)19-7-9-32-24(15-19)27(28,29)30)17-23(18)20-14-21(4-3-8-31-2)33-25(16-20)35-10-12-37-13-11-35/h5-7,9,14-17,31H,8,10-13H2,1-2H3,(H,34,36). The van der Waals surface area contributed by atoms with Crippen LogP contribution in [0.4, 0.5) is 24.7 Å². The minimum Gasteiger partial charge on any atom is -0.378 e. The summed E-state index contributed by atoms with van der Waals surface area (Å²) in [6.45, 7) is 5.10. The van der Waals surface area contributed by atoms with Crippen LogP contribution in [-0.2, 0) is 10.9 Å². The molecule has 0 bridgehead atoms. The third-order valence-corrected chi connectivity index (χ3v) is 5.75. The van der Waals surface area contributed by atoms with E-state index in [-0.39, 0.29) is 5.56 Å². The fourth-order valence-electron chi connectivity index (χ4n) is 3.85. The van der Waals surface area contributed by atoms with E-state index in [0.717, 1.165) is 34.8 Å². The molecular weight excluding hydrogens is 483 g/mol. The summed E-state index contributed by atoms with van der Waals surface area (Å²) in [5.41, 5.74) is 2.46. The van der Waals surface area contributed by atoms with Gasteiger partial charge in [0, 0.05) is 30.5 Å². The van der Waals surface area contributed by atoms with E-state index in [1.807, 2.05) is 32.2 Å². The molecule has 0 unspecified atom stereocenters. The van der Waals surface area contributed by atoms with Gasteiger partial charge in [-0.2, -0.15) is 13.2 Å². The van der Waals surface area contributed by atoms with E-state index in [0.29, 0.717) is 44.2 Å². The zero-order valence-electron chi connectivity index (χ0n) is 20.4. The predicted octanol–water partition coefficient (Wildman–Crippen LogP) is 4.13. The Balaban J connectivity index is 1.67. The van der Waals surface area contributed by atoms with Gasteiger partial charge in [-0.3, -0.25) is 9.78 Å². The first kappa shape index (κ1) is 26.1. The van der Waals surface area contributed by atoms with Gasteiger partial charge in [0.05, 0.1) is 19.8 Å². The average molecular weight is 510 g/mol. The summed E-state index contributed by atoms with van der Waals surface area (Å²) in [6, 6.07) is 11.2. The van der Waals surface area contributed by atoms with Crippen LogP contribution in [0, 0.1) is 18.8 Å². The number of hydrogen-bond acceptors (Lipinski definition) is 6. The van der Waals surface area contributed by atoms with Crippen molar-refractivity contribution in [2.75, 3.05) is 50.1 Å². The molecule has 2 aromatic heterocycles. The highest BCUT2D eigenvalue weighted by molar-refractivity contribution is 6.04. The lowest BCUT2D eigenvalue weighted by Crippen LogP contribution is -2.36. The summed E-state index contributed by atoms with van der Waals surface area (Å²) in [6.07, 6.45) is -3.67. The number of aryl methyl sites for hydroxylation is 1. The molecule has 0 saturated carbocycles. The van der Waals surface area contributed by atoms with Gasteiger partial charge in [0.1, 0.15) is 17.2 Å². The third kappa shape index (κ3) is 6.64. The van der Waals surface area contributed by atoms with Crippen LogP contribution in [0.5, 0.6) is 0 Å². The summed E-state index contributed by atoms with van der Waals surface area (Å²) < 4.78 is 44.5. The number of hydrogen-bond donors (Lipinski definition) is 2. The van der Waals surface area contributed by atoms with Crippen molar-refractivity contribution < 1.29 is 22.7 Å². The number of anilines is 2. The molecule has 1 aliphatic heterocycles. The van der Waals surface area contributed by atoms with Gasteiger partial charge in [0.2, 0.25) is 0 Å². The highest BCUT2D eigenvalue weighted by atomic mass is 19.4. The molecule has 192 valence electrons. The summed E-state index contributed by atoms with van der Waals surface area (Å²) in [5.74, 6) is 6.24. The Bertz CT molecular complexity index is 1340. The largest absolute Gasteiger partial charge is 0.433 e. The number of carbonyl (C=O) groups excluding carboxylic acids is 1. The second-order valence-corrected chi connectivity index (χ2v) is 8.44. The van der Waals surface area contributed by atoms with Crippen molar-refractivity contribution in [1.82, 2.24) is 15.3 Å². The Kier molecular flexibility index (Phi) is 8.06. The van der Waals surface area contributed by atoms with Gasteiger partial charge >= 0.3 is 6.18 Å². The number of carbonyl (C=O) groups is 1. The van der Waals surface area contributed by atoms with Crippen LogP contribution in [0.25, 0.3) is 11.1 Å². The number of ether oxygens (including phenoxy) is 1. The monoisotopic (exact) mass is 509 g/mol. The first-order valence-corrected chi connectivity index (χ1v) is 11.7. The normalized spacial score (nSPS) is 13.6. The smallest absolute Gasteiger partial charge is 0.378 e. The molecule has 3 heterocycles. The SMILES string of the molecule is CNCC#Cc1cc(-c2cc(NC(=O)c3ccnc(C(F)(F)F)c3)ccc2C)cc(N2CCOCC2)n1. The molecule has 4 rings (SSSR count). The molecule has 0 spiro atoms. The number of amides is 1. The fourth-order valence-corrected chi connectivity index (χ4v) is 3.85. The lowest BCUT2D eigenvalue weighted by atomic mass is 9.99. The quantitative estimate of drug-likeness (QED) is 0.504. The van der Waals surface area contributed by atoms with E-state index < -0.39 is 17.8 Å². The van der Waals surface area contributed by atoms with E-state index >= 15 is 0 Å². The fraction of sp³-hybridized carbons (Fsp3) is 0.296. The molecule has 1 fully saturated rings. The Labute approximate surface area is 213 Å². The molecule has 1 aromatic carbocycles. The van der Waals surface area contributed by atoms with E-state index in [1.165, 1.54) is 6.07 Å². The average Bonchev–Trinajstić information content (AvgIpc) is 2.90. The van der Waals surface area contributed by atoms with Crippen LogP contribution in [-0.4, -0.2) is 55.8 Å². The minimum absolute atomic E-state index is 0.134. The molecule has 7 nitrogen and oxygen atoms in total. The third-order valence-electron chi connectivity index (χ3n) is 5.75. The second-order valence-electron chi connectivity index (χ2n) is 8.44. The Hall–Kier alpha value is -3.94. The van der Waals surface area contributed by atoms with Crippen molar-refractivity contribution in [2.24, 2.45) is 0 Å². The number of alkyl halides is 3. The van der Waals surface area contributed by atoms with Crippen molar-refractivity contribution in [3.8, 4) is 23.0 Å². The maximum atomic E-state index is 13.0.